The number of ether oxygens (including phenoxy) is 1. The third-order valence-electron chi connectivity index (χ3n) is 5.70. The van der Waals surface area contributed by atoms with Crippen LogP contribution in [-0.2, 0) is 11.3 Å². The lowest BCUT2D eigenvalue weighted by atomic mass is 9.58. The molecule has 2 atom stereocenters. The number of nitrogens with one attached hydrogen (secondary N) is 3. The van der Waals surface area contributed by atoms with E-state index in [1.807, 2.05) is 12.1 Å². The zero-order valence-electron chi connectivity index (χ0n) is 16.6. The van der Waals surface area contributed by atoms with Crippen LogP contribution in [0.2, 0.25) is 0 Å². The SMILES string of the molecule is CCOC1CC(NC(=NC)NCc2nc(-c3ccco3)n[nH]2)C1(CC)CC. The highest BCUT2D eigenvalue weighted by Crippen LogP contribution is 2.48. The van der Waals surface area contributed by atoms with Crippen LogP contribution < -0.4 is 10.6 Å². The minimum atomic E-state index is 0.159. The number of furan rings is 1. The Morgan fingerprint density at radius 2 is 2.22 bits per heavy atom. The van der Waals surface area contributed by atoms with Crippen LogP contribution in [0.4, 0.5) is 0 Å². The summed E-state index contributed by atoms with van der Waals surface area (Å²) >= 11 is 0. The van der Waals surface area contributed by atoms with Gasteiger partial charge in [-0.1, -0.05) is 13.8 Å². The molecule has 148 valence electrons. The van der Waals surface area contributed by atoms with Crippen LogP contribution >= 0.6 is 0 Å². The third-order valence-corrected chi connectivity index (χ3v) is 5.70. The van der Waals surface area contributed by atoms with Crippen molar-refractivity contribution >= 4 is 5.96 Å². The Hall–Kier alpha value is -2.35. The van der Waals surface area contributed by atoms with E-state index in [1.165, 1.54) is 0 Å². The largest absolute Gasteiger partial charge is 0.461 e. The normalized spacial score (nSPS) is 21.7. The molecule has 1 aliphatic rings. The number of H-pyrrole nitrogens is 1. The predicted molar refractivity (Wildman–Crippen MR) is 104 cm³/mol. The van der Waals surface area contributed by atoms with Gasteiger partial charge in [-0.15, -0.1) is 5.10 Å². The summed E-state index contributed by atoms with van der Waals surface area (Å²) in [6.45, 7) is 7.80. The van der Waals surface area contributed by atoms with Gasteiger partial charge in [-0.25, -0.2) is 4.98 Å². The van der Waals surface area contributed by atoms with E-state index in [0.717, 1.165) is 37.7 Å². The highest BCUT2D eigenvalue weighted by molar-refractivity contribution is 5.80. The van der Waals surface area contributed by atoms with E-state index in [0.29, 0.717) is 30.3 Å². The number of aromatic amines is 1. The molecule has 2 unspecified atom stereocenters. The molecule has 0 amide bonds. The van der Waals surface area contributed by atoms with Gasteiger partial charge in [0.2, 0.25) is 5.82 Å². The lowest BCUT2D eigenvalue weighted by Gasteiger charge is -2.55. The van der Waals surface area contributed by atoms with E-state index in [-0.39, 0.29) is 5.41 Å². The molecule has 0 saturated heterocycles. The highest BCUT2D eigenvalue weighted by atomic mass is 16.5. The lowest BCUT2D eigenvalue weighted by molar-refractivity contribution is -0.133. The van der Waals surface area contributed by atoms with Crippen molar-refractivity contribution in [3.63, 3.8) is 0 Å². The first-order valence-electron chi connectivity index (χ1n) is 9.70. The topological polar surface area (TPSA) is 100 Å². The number of guanidine groups is 1. The number of aliphatic imine (C=N–C) groups is 1. The van der Waals surface area contributed by atoms with Gasteiger partial charge < -0.3 is 19.8 Å². The molecule has 8 nitrogen and oxygen atoms in total. The molecule has 0 aromatic carbocycles. The summed E-state index contributed by atoms with van der Waals surface area (Å²) in [5.74, 6) is 2.68. The maximum absolute atomic E-state index is 5.96. The fraction of sp³-hybridized carbons (Fsp3) is 0.632. The van der Waals surface area contributed by atoms with E-state index in [4.69, 9.17) is 9.15 Å². The Labute approximate surface area is 160 Å². The fourth-order valence-electron chi connectivity index (χ4n) is 4.00. The summed E-state index contributed by atoms with van der Waals surface area (Å²) in [5, 5.41) is 14.0. The molecule has 0 spiro atoms. The standard InChI is InChI=1S/C19H30N6O2/c1-5-19(6-2)14(11-15(19)26-7-3)22-18(20-4)21-12-16-23-17(25-24-16)13-9-8-10-27-13/h8-10,14-15H,5-7,11-12H2,1-4H3,(H2,20,21,22)(H,23,24,25). The Balaban J connectivity index is 1.57. The van der Waals surface area contributed by atoms with Gasteiger partial charge >= 0.3 is 0 Å². The molecule has 0 radical (unpaired) electrons. The Bertz CT molecular complexity index is 735. The first-order chi connectivity index (χ1) is 13.2. The zero-order chi connectivity index (χ0) is 19.3. The molecule has 1 aliphatic carbocycles. The van der Waals surface area contributed by atoms with Crippen LogP contribution in [0.3, 0.4) is 0 Å². The van der Waals surface area contributed by atoms with Crippen LogP contribution in [0, 0.1) is 5.41 Å². The molecule has 1 saturated carbocycles. The Kier molecular flexibility index (Phi) is 6.15. The summed E-state index contributed by atoms with van der Waals surface area (Å²) < 4.78 is 11.3. The van der Waals surface area contributed by atoms with Gasteiger partial charge in [0.15, 0.2) is 11.7 Å². The molecule has 0 aliphatic heterocycles. The van der Waals surface area contributed by atoms with Crippen LogP contribution in [0.15, 0.2) is 27.8 Å². The molecule has 2 aromatic rings. The monoisotopic (exact) mass is 374 g/mol. The fourth-order valence-corrected chi connectivity index (χ4v) is 4.00. The molecular formula is C19H30N6O2. The van der Waals surface area contributed by atoms with Gasteiger partial charge in [-0.2, -0.15) is 0 Å². The molecule has 2 aromatic heterocycles. The maximum Gasteiger partial charge on any atom is 0.216 e. The number of nitrogens with zero attached hydrogens (tertiary/aromatic N) is 3. The predicted octanol–water partition coefficient (Wildman–Crippen LogP) is 2.71. The van der Waals surface area contributed by atoms with Crippen molar-refractivity contribution in [2.24, 2.45) is 10.4 Å². The van der Waals surface area contributed by atoms with Crippen molar-refractivity contribution in [2.75, 3.05) is 13.7 Å². The van der Waals surface area contributed by atoms with Crippen molar-refractivity contribution in [3.05, 3.63) is 24.2 Å². The first-order valence-corrected chi connectivity index (χ1v) is 9.70. The van der Waals surface area contributed by atoms with E-state index < -0.39 is 0 Å². The first kappa shape index (κ1) is 19.4. The Morgan fingerprint density at radius 1 is 1.41 bits per heavy atom. The number of hydrogen-bond acceptors (Lipinski definition) is 5. The number of rotatable bonds is 8. The van der Waals surface area contributed by atoms with Crippen molar-refractivity contribution in [2.45, 2.75) is 58.7 Å². The molecule has 2 heterocycles. The summed E-state index contributed by atoms with van der Waals surface area (Å²) in [6, 6.07) is 4.00. The van der Waals surface area contributed by atoms with Gasteiger partial charge in [0.25, 0.3) is 0 Å². The molecule has 3 N–H and O–H groups in total. The van der Waals surface area contributed by atoms with E-state index in [2.05, 4.69) is 51.6 Å². The Morgan fingerprint density at radius 3 is 2.85 bits per heavy atom. The van der Waals surface area contributed by atoms with Crippen molar-refractivity contribution in [1.29, 1.82) is 0 Å². The zero-order valence-corrected chi connectivity index (χ0v) is 16.6. The second-order valence-corrected chi connectivity index (χ2v) is 6.83. The molecule has 1 fully saturated rings. The van der Waals surface area contributed by atoms with Gasteiger partial charge in [0.1, 0.15) is 5.82 Å². The number of hydrogen-bond donors (Lipinski definition) is 3. The molecular weight excluding hydrogens is 344 g/mol. The van der Waals surface area contributed by atoms with E-state index in [1.54, 1.807) is 13.3 Å². The summed E-state index contributed by atoms with van der Waals surface area (Å²) in [6.07, 6.45) is 5.09. The second-order valence-electron chi connectivity index (χ2n) is 6.83. The van der Waals surface area contributed by atoms with Crippen LogP contribution in [-0.4, -0.2) is 46.9 Å². The number of aromatic nitrogens is 3. The molecule has 3 rings (SSSR count). The maximum atomic E-state index is 5.96. The molecule has 0 bridgehead atoms. The van der Waals surface area contributed by atoms with Gasteiger partial charge in [-0.05, 0) is 38.3 Å². The van der Waals surface area contributed by atoms with Gasteiger partial charge in [0.05, 0.1) is 18.9 Å². The second kappa shape index (κ2) is 8.56. The summed E-state index contributed by atoms with van der Waals surface area (Å²) in [4.78, 5) is 8.80. The average molecular weight is 374 g/mol. The lowest BCUT2D eigenvalue weighted by Crippen LogP contribution is -2.65. The average Bonchev–Trinajstić information content (AvgIpc) is 3.36. The quantitative estimate of drug-likeness (QED) is 0.485. The van der Waals surface area contributed by atoms with Crippen LogP contribution in [0.5, 0.6) is 0 Å². The highest BCUT2D eigenvalue weighted by Gasteiger charge is 2.53. The van der Waals surface area contributed by atoms with Crippen molar-refractivity contribution < 1.29 is 9.15 Å². The van der Waals surface area contributed by atoms with E-state index >= 15 is 0 Å². The van der Waals surface area contributed by atoms with Gasteiger partial charge in [0, 0.05) is 25.1 Å². The van der Waals surface area contributed by atoms with Gasteiger partial charge in [-0.3, -0.25) is 10.1 Å². The van der Waals surface area contributed by atoms with Crippen molar-refractivity contribution in [1.82, 2.24) is 25.8 Å². The molecule has 27 heavy (non-hydrogen) atoms. The van der Waals surface area contributed by atoms with Crippen molar-refractivity contribution in [3.8, 4) is 11.6 Å². The van der Waals surface area contributed by atoms with E-state index in [9.17, 15) is 0 Å². The third kappa shape index (κ3) is 3.85. The minimum Gasteiger partial charge on any atom is -0.461 e. The minimum absolute atomic E-state index is 0.159. The summed E-state index contributed by atoms with van der Waals surface area (Å²) in [7, 11) is 1.78. The summed E-state index contributed by atoms with van der Waals surface area (Å²) in [5.41, 5.74) is 0.159. The smallest absolute Gasteiger partial charge is 0.216 e. The van der Waals surface area contributed by atoms with Crippen LogP contribution in [0.1, 0.15) is 45.9 Å². The molecule has 8 heteroatoms. The van der Waals surface area contributed by atoms with Crippen LogP contribution in [0.25, 0.3) is 11.6 Å².